The summed E-state index contributed by atoms with van der Waals surface area (Å²) in [5.41, 5.74) is 5.65. The van der Waals surface area contributed by atoms with Crippen molar-refractivity contribution >= 4 is 14.0 Å². The van der Waals surface area contributed by atoms with Crippen molar-refractivity contribution < 1.29 is 28.5 Å². The van der Waals surface area contributed by atoms with Crippen LogP contribution in [0.1, 0.15) is 43.9 Å². The number of aliphatic hydroxyl groups excluding tert-OH is 1. The van der Waals surface area contributed by atoms with E-state index in [9.17, 15) is 18.9 Å². The molecule has 2 unspecified atom stereocenters. The van der Waals surface area contributed by atoms with E-state index in [0.717, 1.165) is 33.6 Å². The number of hydrogen-bond donors (Lipinski definition) is 2. The number of rotatable bonds is 12. The second kappa shape index (κ2) is 12.7. The molecule has 1 aromatic heterocycles. The minimum Gasteiger partial charge on any atom is -0.481 e. The molecule has 0 radical (unpaired) electrons. The number of carboxylic acid groups (broad SMARTS) is 1. The van der Waals surface area contributed by atoms with Crippen LogP contribution in [0.3, 0.4) is 0 Å². The van der Waals surface area contributed by atoms with Crippen LogP contribution in [0.2, 0.25) is 0 Å². The molecule has 0 saturated carbocycles. The highest BCUT2D eigenvalue weighted by Gasteiger charge is 2.18. The molecule has 1 heterocycles. The summed E-state index contributed by atoms with van der Waals surface area (Å²) in [5, 5.41) is 18.4. The number of carboxylic acids is 1. The molecule has 186 valence electrons. The molecule has 35 heavy (non-hydrogen) atoms. The third-order valence-electron chi connectivity index (χ3n) is 5.57. The number of nitrogens with zero attached hydrogens (tertiary/aromatic N) is 1. The Balaban J connectivity index is 1.84. The number of benzene rings is 2. The second-order valence-corrected chi connectivity index (χ2v) is 10.2. The van der Waals surface area contributed by atoms with E-state index in [1.807, 2.05) is 36.4 Å². The van der Waals surface area contributed by atoms with E-state index >= 15 is 0 Å². The second-order valence-electron chi connectivity index (χ2n) is 8.73. The van der Waals surface area contributed by atoms with Crippen molar-refractivity contribution in [2.75, 3.05) is 12.8 Å². The van der Waals surface area contributed by atoms with Gasteiger partial charge in [-0.1, -0.05) is 56.3 Å². The predicted molar refractivity (Wildman–Crippen MR) is 136 cm³/mol. The summed E-state index contributed by atoms with van der Waals surface area (Å²) >= 11 is 0. The third kappa shape index (κ3) is 7.82. The number of aliphatic hydroxyl groups is 1. The molecule has 3 aromatic rings. The van der Waals surface area contributed by atoms with Crippen LogP contribution >= 0.6 is 8.03 Å². The van der Waals surface area contributed by atoms with E-state index in [2.05, 4.69) is 13.8 Å². The summed E-state index contributed by atoms with van der Waals surface area (Å²) in [6, 6.07) is 18.3. The first-order valence-electron chi connectivity index (χ1n) is 11.6. The van der Waals surface area contributed by atoms with Crippen LogP contribution < -0.4 is 0 Å². The molecule has 0 aliphatic carbocycles. The van der Waals surface area contributed by atoms with E-state index in [0.29, 0.717) is 12.8 Å². The first kappa shape index (κ1) is 26.7. The summed E-state index contributed by atoms with van der Waals surface area (Å²) < 4.78 is 31.1. The smallest absolute Gasteiger partial charge is 0.305 e. The van der Waals surface area contributed by atoms with Crippen LogP contribution in [0.5, 0.6) is 0 Å². The standard InChI is InChI=1S/C27H31FNO5P/c1-18(2)27-23(9-6-14-34-35(33)17-22(30)15-26(31)32)24(19-10-12-21(28)13-11-19)16-25(29-27)20-7-4-3-5-8-20/h3-5,7-8,10-13,16,18,22,30,35H,6,9,14-15,17H2,1-2H3,(H,31,32). The van der Waals surface area contributed by atoms with Gasteiger partial charge in [-0.3, -0.25) is 14.3 Å². The normalized spacial score (nSPS) is 13.1. The Morgan fingerprint density at radius 2 is 1.77 bits per heavy atom. The fourth-order valence-electron chi connectivity index (χ4n) is 3.94. The lowest BCUT2D eigenvalue weighted by atomic mass is 9.90. The highest BCUT2D eigenvalue weighted by molar-refractivity contribution is 7.39. The molecule has 2 N–H and O–H groups in total. The SMILES string of the molecule is CC(C)c1nc(-c2ccccc2)cc(-c2ccc(F)cc2)c1CCCO[PH](=O)CC(O)CC(=O)O. The molecule has 8 heteroatoms. The van der Waals surface area contributed by atoms with Crippen LogP contribution in [-0.2, 0) is 20.3 Å². The highest BCUT2D eigenvalue weighted by atomic mass is 31.1. The average molecular weight is 500 g/mol. The van der Waals surface area contributed by atoms with Crippen molar-refractivity contribution in [2.24, 2.45) is 0 Å². The van der Waals surface area contributed by atoms with Crippen LogP contribution in [0, 0.1) is 5.82 Å². The van der Waals surface area contributed by atoms with Gasteiger partial charge in [0.05, 0.1) is 24.8 Å². The van der Waals surface area contributed by atoms with Crippen molar-refractivity contribution in [3.05, 3.63) is 77.7 Å². The van der Waals surface area contributed by atoms with Gasteiger partial charge >= 0.3 is 5.97 Å². The lowest BCUT2D eigenvalue weighted by Gasteiger charge is -2.19. The monoisotopic (exact) mass is 499 g/mol. The average Bonchev–Trinajstić information content (AvgIpc) is 2.82. The fourth-order valence-corrected chi connectivity index (χ4v) is 4.95. The minimum atomic E-state index is -2.54. The zero-order valence-electron chi connectivity index (χ0n) is 19.9. The number of carbonyl (C=O) groups is 1. The minimum absolute atomic E-state index is 0.138. The summed E-state index contributed by atoms with van der Waals surface area (Å²) in [7, 11) is -2.54. The molecule has 0 bridgehead atoms. The van der Waals surface area contributed by atoms with Crippen molar-refractivity contribution in [2.45, 2.75) is 45.1 Å². The Hall–Kier alpha value is -2.86. The lowest BCUT2D eigenvalue weighted by Crippen LogP contribution is -2.15. The Labute approximate surface area is 205 Å². The Kier molecular flexibility index (Phi) is 9.73. The summed E-state index contributed by atoms with van der Waals surface area (Å²) in [4.78, 5) is 15.6. The van der Waals surface area contributed by atoms with Gasteiger partial charge < -0.3 is 14.7 Å². The van der Waals surface area contributed by atoms with Gasteiger partial charge in [0.25, 0.3) is 0 Å². The van der Waals surface area contributed by atoms with Crippen LogP contribution in [0.25, 0.3) is 22.4 Å². The van der Waals surface area contributed by atoms with E-state index in [-0.39, 0.29) is 24.5 Å². The number of aliphatic carboxylic acids is 1. The van der Waals surface area contributed by atoms with Gasteiger partial charge in [-0.25, -0.2) is 4.39 Å². The number of pyridine rings is 1. The Morgan fingerprint density at radius 1 is 1.09 bits per heavy atom. The molecule has 2 aromatic carbocycles. The van der Waals surface area contributed by atoms with Gasteiger partial charge in [0.15, 0.2) is 8.03 Å². The topological polar surface area (TPSA) is 96.7 Å². The molecule has 0 aliphatic heterocycles. The molecule has 0 spiro atoms. The van der Waals surface area contributed by atoms with Gasteiger partial charge in [0, 0.05) is 17.4 Å². The Morgan fingerprint density at radius 3 is 2.40 bits per heavy atom. The molecule has 0 aliphatic rings. The quantitative estimate of drug-likeness (QED) is 0.237. The molecule has 6 nitrogen and oxygen atoms in total. The zero-order chi connectivity index (χ0) is 25.4. The van der Waals surface area contributed by atoms with Crippen molar-refractivity contribution in [3.8, 4) is 22.4 Å². The molecule has 0 saturated heterocycles. The maximum atomic E-state index is 13.6. The molecular weight excluding hydrogens is 468 g/mol. The predicted octanol–water partition coefficient (Wildman–Crippen LogP) is 5.94. The van der Waals surface area contributed by atoms with Crippen LogP contribution in [-0.4, -0.2) is 40.0 Å². The van der Waals surface area contributed by atoms with E-state index < -0.39 is 26.5 Å². The summed E-state index contributed by atoms with van der Waals surface area (Å²) in [5.74, 6) is -1.31. The Bertz CT molecular complexity index is 1150. The number of hydrogen-bond acceptors (Lipinski definition) is 5. The summed E-state index contributed by atoms with van der Waals surface area (Å²) in [6.45, 7) is 4.36. The van der Waals surface area contributed by atoms with Crippen molar-refractivity contribution in [3.63, 3.8) is 0 Å². The van der Waals surface area contributed by atoms with Crippen LogP contribution in [0.4, 0.5) is 4.39 Å². The van der Waals surface area contributed by atoms with Crippen molar-refractivity contribution in [1.82, 2.24) is 4.98 Å². The third-order valence-corrected chi connectivity index (χ3v) is 6.91. The van der Waals surface area contributed by atoms with Gasteiger partial charge in [-0.2, -0.15) is 0 Å². The zero-order valence-corrected chi connectivity index (χ0v) is 20.9. The maximum Gasteiger partial charge on any atom is 0.305 e. The fraction of sp³-hybridized carbons (Fsp3) is 0.333. The van der Waals surface area contributed by atoms with E-state index in [1.54, 1.807) is 12.1 Å². The molecule has 3 rings (SSSR count). The van der Waals surface area contributed by atoms with Gasteiger partial charge in [0.2, 0.25) is 0 Å². The molecule has 2 atom stereocenters. The van der Waals surface area contributed by atoms with Gasteiger partial charge in [-0.05, 0) is 53.6 Å². The van der Waals surface area contributed by atoms with Crippen LogP contribution in [0.15, 0.2) is 60.7 Å². The van der Waals surface area contributed by atoms with Gasteiger partial charge in [0.1, 0.15) is 5.82 Å². The summed E-state index contributed by atoms with van der Waals surface area (Å²) in [6.07, 6.45) is -0.660. The highest BCUT2D eigenvalue weighted by Crippen LogP contribution is 2.34. The maximum absolute atomic E-state index is 13.6. The number of halogens is 1. The molecule has 0 amide bonds. The lowest BCUT2D eigenvalue weighted by molar-refractivity contribution is -0.138. The van der Waals surface area contributed by atoms with E-state index in [4.69, 9.17) is 14.6 Å². The largest absolute Gasteiger partial charge is 0.481 e. The molecule has 0 fully saturated rings. The number of aromatic nitrogens is 1. The first-order chi connectivity index (χ1) is 16.7. The van der Waals surface area contributed by atoms with Gasteiger partial charge in [-0.15, -0.1) is 0 Å². The first-order valence-corrected chi connectivity index (χ1v) is 13.2. The van der Waals surface area contributed by atoms with Crippen molar-refractivity contribution in [1.29, 1.82) is 0 Å². The molecular formula is C27H31FNO5P. The van der Waals surface area contributed by atoms with E-state index in [1.165, 1.54) is 12.1 Å².